The lowest BCUT2D eigenvalue weighted by molar-refractivity contribution is -0.176. The number of aromatic nitrogens is 1. The van der Waals surface area contributed by atoms with Crippen molar-refractivity contribution >= 4 is 23.7 Å². The van der Waals surface area contributed by atoms with Crippen molar-refractivity contribution in [3.8, 4) is 0 Å². The second kappa shape index (κ2) is 7.67. The maximum absolute atomic E-state index is 12.7. The molecule has 0 saturated carbocycles. The number of anilines is 1. The van der Waals surface area contributed by atoms with Crippen LogP contribution in [0.2, 0.25) is 0 Å². The Kier molecular flexibility index (Phi) is 5.30. The van der Waals surface area contributed by atoms with E-state index < -0.39 is 29.4 Å². The van der Waals surface area contributed by atoms with Crippen LogP contribution in [0, 0.1) is 5.41 Å². The summed E-state index contributed by atoms with van der Waals surface area (Å²) in [5.74, 6) is -1.40. The number of pyridine rings is 1. The van der Waals surface area contributed by atoms with E-state index in [-0.39, 0.29) is 6.42 Å². The third-order valence-corrected chi connectivity index (χ3v) is 4.97. The molecule has 1 aliphatic heterocycles. The Hall–Kier alpha value is -3.42. The van der Waals surface area contributed by atoms with E-state index in [4.69, 9.17) is 5.73 Å². The monoisotopic (exact) mass is 382 g/mol. The number of benzene rings is 1. The first-order valence-electron chi connectivity index (χ1n) is 8.91. The highest BCUT2D eigenvalue weighted by molar-refractivity contribution is 6.09. The summed E-state index contributed by atoms with van der Waals surface area (Å²) in [4.78, 5) is 41.7. The third-order valence-electron chi connectivity index (χ3n) is 4.97. The molecule has 8 nitrogen and oxygen atoms in total. The van der Waals surface area contributed by atoms with E-state index in [1.165, 1.54) is 6.20 Å². The van der Waals surface area contributed by atoms with Crippen molar-refractivity contribution in [1.29, 1.82) is 0 Å². The van der Waals surface area contributed by atoms with Gasteiger partial charge in [-0.25, -0.2) is 19.5 Å². The van der Waals surface area contributed by atoms with E-state index in [9.17, 15) is 19.5 Å². The van der Waals surface area contributed by atoms with Crippen LogP contribution in [0.4, 0.5) is 10.6 Å². The highest BCUT2D eigenvalue weighted by Gasteiger charge is 2.63. The summed E-state index contributed by atoms with van der Waals surface area (Å²) in [7, 11) is 0. The fourth-order valence-electron chi connectivity index (χ4n) is 3.50. The normalized spacial score (nSPS) is 21.1. The number of nitrogen functional groups attached to an aromatic ring is 1. The summed E-state index contributed by atoms with van der Waals surface area (Å²) in [6, 6.07) is 10.9. The molecule has 1 fully saturated rings. The van der Waals surface area contributed by atoms with Crippen molar-refractivity contribution in [3.63, 3.8) is 0 Å². The van der Waals surface area contributed by atoms with E-state index >= 15 is 0 Å². The van der Waals surface area contributed by atoms with E-state index in [0.29, 0.717) is 24.3 Å². The van der Waals surface area contributed by atoms with Crippen molar-refractivity contribution in [1.82, 2.24) is 15.2 Å². The summed E-state index contributed by atoms with van der Waals surface area (Å²) >= 11 is 0. The van der Waals surface area contributed by atoms with E-state index in [1.807, 2.05) is 30.3 Å². The molecule has 1 aromatic carbocycles. The number of likely N-dealkylation sites (tertiary alicyclic amines) is 1. The molecule has 3 rings (SSSR count). The molecule has 1 unspecified atom stereocenters. The molecular weight excluding hydrogens is 360 g/mol. The quantitative estimate of drug-likeness (QED) is 0.650. The average Bonchev–Trinajstić information content (AvgIpc) is 2.67. The molecule has 28 heavy (non-hydrogen) atoms. The van der Waals surface area contributed by atoms with Crippen LogP contribution in [-0.4, -0.2) is 45.5 Å². The molecule has 1 saturated heterocycles. The van der Waals surface area contributed by atoms with Gasteiger partial charge < -0.3 is 16.2 Å². The van der Waals surface area contributed by atoms with Gasteiger partial charge in [0, 0.05) is 12.7 Å². The van der Waals surface area contributed by atoms with Gasteiger partial charge in [0.05, 0.1) is 5.41 Å². The molecule has 2 heterocycles. The lowest BCUT2D eigenvalue weighted by Gasteiger charge is -2.50. The fourth-order valence-corrected chi connectivity index (χ4v) is 3.50. The fraction of sp³-hybridized carbons (Fsp3) is 0.300. The number of hydrogen-bond acceptors (Lipinski definition) is 5. The first kappa shape index (κ1) is 19.3. The van der Waals surface area contributed by atoms with Crippen LogP contribution in [0.15, 0.2) is 48.7 Å². The van der Waals surface area contributed by atoms with Gasteiger partial charge in [0.1, 0.15) is 5.82 Å². The van der Waals surface area contributed by atoms with E-state index in [0.717, 1.165) is 10.5 Å². The maximum Gasteiger partial charge on any atom is 0.328 e. The molecule has 2 aromatic rings. The van der Waals surface area contributed by atoms with Crippen LogP contribution in [0.5, 0.6) is 0 Å². The van der Waals surface area contributed by atoms with Crippen molar-refractivity contribution in [2.75, 3.05) is 12.3 Å². The SMILES string of the molecule is CC1(Cc2ccc(N)nc2)C(=O)N(C(=O)NCCc2ccccc2)[C@H]1C(=O)O. The Balaban J connectivity index is 1.66. The number of aliphatic carboxylic acids is 1. The Morgan fingerprint density at radius 3 is 2.54 bits per heavy atom. The van der Waals surface area contributed by atoms with Crippen molar-refractivity contribution in [3.05, 3.63) is 59.8 Å². The third kappa shape index (κ3) is 3.66. The lowest BCUT2D eigenvalue weighted by atomic mass is 9.68. The Morgan fingerprint density at radius 2 is 1.93 bits per heavy atom. The van der Waals surface area contributed by atoms with Crippen molar-refractivity contribution in [2.45, 2.75) is 25.8 Å². The van der Waals surface area contributed by atoms with Crippen LogP contribution in [-0.2, 0) is 22.4 Å². The molecule has 4 N–H and O–H groups in total. The van der Waals surface area contributed by atoms with Gasteiger partial charge in [0.2, 0.25) is 5.91 Å². The number of amides is 3. The zero-order chi connectivity index (χ0) is 20.3. The molecule has 8 heteroatoms. The molecule has 0 spiro atoms. The van der Waals surface area contributed by atoms with Crippen molar-refractivity contribution < 1.29 is 19.5 Å². The van der Waals surface area contributed by atoms with Gasteiger partial charge in [-0.15, -0.1) is 0 Å². The van der Waals surface area contributed by atoms with Gasteiger partial charge in [0.25, 0.3) is 0 Å². The first-order chi connectivity index (χ1) is 13.3. The Morgan fingerprint density at radius 1 is 1.21 bits per heavy atom. The van der Waals surface area contributed by atoms with Gasteiger partial charge in [-0.1, -0.05) is 36.4 Å². The van der Waals surface area contributed by atoms with Gasteiger partial charge in [-0.3, -0.25) is 4.79 Å². The number of nitrogens with two attached hydrogens (primary N) is 1. The van der Waals surface area contributed by atoms with E-state index in [1.54, 1.807) is 19.1 Å². The van der Waals surface area contributed by atoms with Gasteiger partial charge >= 0.3 is 12.0 Å². The zero-order valence-corrected chi connectivity index (χ0v) is 15.5. The summed E-state index contributed by atoms with van der Waals surface area (Å²) in [6.07, 6.45) is 2.25. The Labute approximate surface area is 162 Å². The summed E-state index contributed by atoms with van der Waals surface area (Å²) in [5.41, 5.74) is 6.05. The molecule has 146 valence electrons. The number of nitrogens with one attached hydrogen (secondary N) is 1. The lowest BCUT2D eigenvalue weighted by Crippen LogP contribution is -2.74. The van der Waals surface area contributed by atoms with Gasteiger partial charge in [-0.2, -0.15) is 0 Å². The summed E-state index contributed by atoms with van der Waals surface area (Å²) in [6.45, 7) is 1.86. The largest absolute Gasteiger partial charge is 0.480 e. The molecule has 0 radical (unpaired) electrons. The van der Waals surface area contributed by atoms with Gasteiger partial charge in [0.15, 0.2) is 6.04 Å². The number of hydrogen-bond donors (Lipinski definition) is 3. The van der Waals surface area contributed by atoms with E-state index in [2.05, 4.69) is 10.3 Å². The molecule has 1 aromatic heterocycles. The van der Waals surface area contributed by atoms with Crippen LogP contribution in [0.1, 0.15) is 18.1 Å². The predicted molar refractivity (Wildman–Crippen MR) is 102 cm³/mol. The zero-order valence-electron chi connectivity index (χ0n) is 15.5. The molecule has 0 aliphatic carbocycles. The van der Waals surface area contributed by atoms with Crippen LogP contribution in [0.3, 0.4) is 0 Å². The van der Waals surface area contributed by atoms with Crippen LogP contribution in [0.25, 0.3) is 0 Å². The number of imide groups is 1. The smallest absolute Gasteiger partial charge is 0.328 e. The minimum absolute atomic E-state index is 0.157. The number of nitrogens with zero attached hydrogens (tertiary/aromatic N) is 2. The number of carboxylic acids is 1. The topological polar surface area (TPSA) is 126 Å². The maximum atomic E-state index is 12.7. The molecular formula is C20H22N4O4. The van der Waals surface area contributed by atoms with Crippen molar-refractivity contribution in [2.24, 2.45) is 5.41 Å². The highest BCUT2D eigenvalue weighted by atomic mass is 16.4. The second-order valence-electron chi connectivity index (χ2n) is 7.07. The minimum Gasteiger partial charge on any atom is -0.480 e. The molecule has 2 atom stereocenters. The predicted octanol–water partition coefficient (Wildman–Crippen LogP) is 1.46. The van der Waals surface area contributed by atoms with Crippen LogP contribution >= 0.6 is 0 Å². The first-order valence-corrected chi connectivity index (χ1v) is 8.91. The number of urea groups is 1. The number of rotatable bonds is 6. The Bertz CT molecular complexity index is 885. The summed E-state index contributed by atoms with van der Waals surface area (Å²) < 4.78 is 0. The second-order valence-corrected chi connectivity index (χ2v) is 7.07. The summed E-state index contributed by atoms with van der Waals surface area (Å²) in [5, 5.41) is 12.3. The molecule has 0 bridgehead atoms. The highest BCUT2D eigenvalue weighted by Crippen LogP contribution is 2.42. The number of carbonyl (C=O) groups excluding carboxylic acids is 2. The number of carboxylic acid groups (broad SMARTS) is 1. The van der Waals surface area contributed by atoms with Gasteiger partial charge in [-0.05, 0) is 37.0 Å². The molecule has 3 amide bonds. The minimum atomic E-state index is -1.24. The number of carbonyl (C=O) groups is 3. The average molecular weight is 382 g/mol. The number of β-lactam (4-membered cyclic amide) rings is 1. The van der Waals surface area contributed by atoms with Crippen LogP contribution < -0.4 is 11.1 Å². The standard InChI is InChI=1S/C20H22N4O4/c1-20(11-14-7-8-15(21)23-12-14)16(17(25)26)24(18(20)27)19(28)22-10-9-13-5-3-2-4-6-13/h2-8,12,16H,9-11H2,1H3,(H2,21,23)(H,22,28)(H,25,26)/t16-,20?/m0/s1. The molecule has 1 aliphatic rings.